The fraction of sp³-hybridized carbons (Fsp3) is 0.714. The van der Waals surface area contributed by atoms with E-state index in [9.17, 15) is 19.8 Å². The van der Waals surface area contributed by atoms with Crippen molar-refractivity contribution in [3.63, 3.8) is 0 Å². The maximum atomic E-state index is 12.6. The Labute approximate surface area is 176 Å². The Morgan fingerprint density at radius 3 is 2.07 bits per heavy atom. The Bertz CT molecular complexity index is 723. The molecule has 1 spiro atoms. The summed E-state index contributed by atoms with van der Waals surface area (Å²) in [5.74, 6) is -0.316. The van der Waals surface area contributed by atoms with Gasteiger partial charge in [0.25, 0.3) is 11.8 Å². The number of aliphatic hydroxyl groups is 2. The van der Waals surface area contributed by atoms with Crippen LogP contribution in [0.4, 0.5) is 5.95 Å². The molecule has 2 aliphatic heterocycles. The molecule has 1 aromatic heterocycles. The second kappa shape index (κ2) is 8.95. The zero-order valence-electron chi connectivity index (χ0n) is 17.3. The molecule has 0 radical (unpaired) electrons. The molecule has 1 saturated carbocycles. The lowest BCUT2D eigenvalue weighted by atomic mass is 9.71. The topological polar surface area (TPSA) is 110 Å². The van der Waals surface area contributed by atoms with Gasteiger partial charge in [-0.15, -0.1) is 0 Å². The normalized spacial score (nSPS) is 27.3. The molecule has 4 rings (SSSR count). The predicted octanol–water partition coefficient (Wildman–Crippen LogP) is 0.0298. The van der Waals surface area contributed by atoms with Gasteiger partial charge < -0.3 is 15.1 Å². The van der Waals surface area contributed by atoms with E-state index in [4.69, 9.17) is 0 Å². The summed E-state index contributed by atoms with van der Waals surface area (Å²) in [5.41, 5.74) is -0.965. The van der Waals surface area contributed by atoms with Crippen LogP contribution >= 0.6 is 0 Å². The molecule has 2 amide bonds. The summed E-state index contributed by atoms with van der Waals surface area (Å²) in [4.78, 5) is 39.4. The standard InChI is InChI=1S/C21H31N5O4/c27-16-18(29)26(19(30)17(28)21(16)6-1-2-7-21)11-4-3-10-24-12-14-25(15-13-24)20-22-8-5-9-23-20/h5,8-9,16-17,27-28H,1-4,6-7,10-15H2. The third-order valence-electron chi connectivity index (χ3n) is 6.94. The first-order valence-corrected chi connectivity index (χ1v) is 11.0. The van der Waals surface area contributed by atoms with Crippen LogP contribution in [0, 0.1) is 5.41 Å². The number of hydrogen-bond acceptors (Lipinski definition) is 8. The van der Waals surface area contributed by atoms with Crippen LogP contribution in [-0.4, -0.2) is 93.3 Å². The number of aromatic nitrogens is 2. The zero-order chi connectivity index (χ0) is 21.1. The molecule has 0 aromatic carbocycles. The molecule has 9 nitrogen and oxygen atoms in total. The number of rotatable bonds is 6. The molecule has 2 unspecified atom stereocenters. The molecular formula is C21H31N5O4. The van der Waals surface area contributed by atoms with E-state index in [1.165, 1.54) is 0 Å². The third kappa shape index (κ3) is 3.93. The van der Waals surface area contributed by atoms with Crippen LogP contribution in [-0.2, 0) is 9.59 Å². The molecule has 0 bridgehead atoms. The minimum Gasteiger partial charge on any atom is -0.383 e. The lowest BCUT2D eigenvalue weighted by Crippen LogP contribution is -2.64. The van der Waals surface area contributed by atoms with E-state index < -0.39 is 29.4 Å². The highest BCUT2D eigenvalue weighted by atomic mass is 16.3. The van der Waals surface area contributed by atoms with Gasteiger partial charge >= 0.3 is 0 Å². The molecule has 9 heteroatoms. The molecule has 3 fully saturated rings. The minimum absolute atomic E-state index is 0.250. The van der Waals surface area contributed by atoms with Crippen LogP contribution in [0.5, 0.6) is 0 Å². The number of carbonyl (C=O) groups excluding carboxylic acids is 2. The van der Waals surface area contributed by atoms with Gasteiger partial charge in [0.05, 0.1) is 0 Å². The molecule has 2 N–H and O–H groups in total. The Morgan fingerprint density at radius 2 is 1.47 bits per heavy atom. The average Bonchev–Trinajstić information content (AvgIpc) is 3.28. The number of likely N-dealkylation sites (tertiary alicyclic amines) is 1. The van der Waals surface area contributed by atoms with Crippen LogP contribution in [0.15, 0.2) is 18.5 Å². The Kier molecular flexibility index (Phi) is 6.31. The van der Waals surface area contributed by atoms with Crippen molar-refractivity contribution < 1.29 is 19.8 Å². The van der Waals surface area contributed by atoms with Gasteiger partial charge in [-0.1, -0.05) is 12.8 Å². The predicted molar refractivity (Wildman–Crippen MR) is 110 cm³/mol. The highest BCUT2D eigenvalue weighted by Gasteiger charge is 2.58. The first-order chi connectivity index (χ1) is 14.5. The number of nitrogens with zero attached hydrogens (tertiary/aromatic N) is 5. The van der Waals surface area contributed by atoms with Gasteiger partial charge in [-0.3, -0.25) is 19.4 Å². The molecule has 1 aliphatic carbocycles. The Balaban J connectivity index is 1.21. The molecule has 3 aliphatic rings. The number of hydrogen-bond donors (Lipinski definition) is 2. The van der Waals surface area contributed by atoms with E-state index in [0.29, 0.717) is 19.3 Å². The van der Waals surface area contributed by atoms with Crippen molar-refractivity contribution in [2.75, 3.05) is 44.2 Å². The number of imide groups is 1. The molecular weight excluding hydrogens is 386 g/mol. The van der Waals surface area contributed by atoms with Gasteiger partial charge in [-0.25, -0.2) is 9.97 Å². The smallest absolute Gasteiger partial charge is 0.258 e. The van der Waals surface area contributed by atoms with Crippen molar-refractivity contribution in [1.82, 2.24) is 19.8 Å². The summed E-state index contributed by atoms with van der Waals surface area (Å²) in [6.07, 6.45) is 5.17. The van der Waals surface area contributed by atoms with Crippen LogP contribution in [0.1, 0.15) is 38.5 Å². The molecule has 30 heavy (non-hydrogen) atoms. The van der Waals surface area contributed by atoms with Crippen molar-refractivity contribution in [3.8, 4) is 0 Å². The number of amides is 2. The molecule has 1 aromatic rings. The second-order valence-electron chi connectivity index (χ2n) is 8.66. The number of carbonyl (C=O) groups is 2. The SMILES string of the molecule is O=C1C(O)C2(CCCC2)C(O)C(=O)N1CCCCN1CCN(c2ncccn2)CC1. The monoisotopic (exact) mass is 417 g/mol. The quantitative estimate of drug-likeness (QED) is 0.493. The Hall–Kier alpha value is -2.10. The summed E-state index contributed by atoms with van der Waals surface area (Å²) in [5, 5.41) is 21.1. The van der Waals surface area contributed by atoms with E-state index >= 15 is 0 Å². The van der Waals surface area contributed by atoms with Gasteiger partial charge in [0.2, 0.25) is 5.95 Å². The number of anilines is 1. The van der Waals surface area contributed by atoms with Gasteiger partial charge in [0, 0.05) is 50.5 Å². The van der Waals surface area contributed by atoms with E-state index in [2.05, 4.69) is 19.8 Å². The highest BCUT2D eigenvalue weighted by Crippen LogP contribution is 2.47. The fourth-order valence-corrected chi connectivity index (χ4v) is 5.08. The second-order valence-corrected chi connectivity index (χ2v) is 8.66. The molecule has 2 atom stereocenters. The van der Waals surface area contributed by atoms with E-state index in [1.807, 2.05) is 6.07 Å². The first kappa shape index (κ1) is 21.1. The summed E-state index contributed by atoms with van der Waals surface area (Å²) in [6.45, 7) is 4.70. The average molecular weight is 418 g/mol. The number of unbranched alkanes of at least 4 members (excludes halogenated alkanes) is 1. The highest BCUT2D eigenvalue weighted by molar-refractivity contribution is 6.03. The first-order valence-electron chi connectivity index (χ1n) is 11.0. The summed E-state index contributed by atoms with van der Waals surface area (Å²) >= 11 is 0. The summed E-state index contributed by atoms with van der Waals surface area (Å²) < 4.78 is 0. The van der Waals surface area contributed by atoms with Crippen molar-refractivity contribution in [2.24, 2.45) is 5.41 Å². The van der Waals surface area contributed by atoms with E-state index in [0.717, 1.165) is 62.8 Å². The van der Waals surface area contributed by atoms with Crippen LogP contribution in [0.3, 0.4) is 0 Å². The van der Waals surface area contributed by atoms with Crippen molar-refractivity contribution in [3.05, 3.63) is 18.5 Å². The van der Waals surface area contributed by atoms with Gasteiger partial charge in [0.15, 0.2) is 0 Å². The lowest BCUT2D eigenvalue weighted by molar-refractivity contribution is -0.183. The van der Waals surface area contributed by atoms with Gasteiger partial charge in [-0.2, -0.15) is 0 Å². The van der Waals surface area contributed by atoms with E-state index in [1.54, 1.807) is 12.4 Å². The molecule has 2 saturated heterocycles. The summed E-state index contributed by atoms with van der Waals surface area (Å²) in [7, 11) is 0. The Morgan fingerprint density at radius 1 is 0.900 bits per heavy atom. The van der Waals surface area contributed by atoms with Crippen LogP contribution < -0.4 is 4.90 Å². The number of piperidine rings is 1. The molecule has 164 valence electrons. The van der Waals surface area contributed by atoms with Crippen molar-refractivity contribution >= 4 is 17.8 Å². The number of aliphatic hydroxyl groups excluding tert-OH is 2. The molecule has 3 heterocycles. The summed E-state index contributed by atoms with van der Waals surface area (Å²) in [6, 6.07) is 1.81. The number of piperazine rings is 1. The largest absolute Gasteiger partial charge is 0.383 e. The third-order valence-corrected chi connectivity index (χ3v) is 6.94. The maximum absolute atomic E-state index is 12.6. The van der Waals surface area contributed by atoms with Crippen LogP contribution in [0.25, 0.3) is 0 Å². The zero-order valence-corrected chi connectivity index (χ0v) is 17.3. The van der Waals surface area contributed by atoms with Crippen molar-refractivity contribution in [2.45, 2.75) is 50.7 Å². The lowest BCUT2D eigenvalue weighted by Gasteiger charge is -2.44. The van der Waals surface area contributed by atoms with E-state index in [-0.39, 0.29) is 6.54 Å². The van der Waals surface area contributed by atoms with Gasteiger partial charge in [-0.05, 0) is 38.3 Å². The van der Waals surface area contributed by atoms with Crippen molar-refractivity contribution in [1.29, 1.82) is 0 Å². The fourth-order valence-electron chi connectivity index (χ4n) is 5.08. The van der Waals surface area contributed by atoms with Gasteiger partial charge in [0.1, 0.15) is 12.2 Å². The van der Waals surface area contributed by atoms with Crippen LogP contribution in [0.2, 0.25) is 0 Å². The maximum Gasteiger partial charge on any atom is 0.258 e. The minimum atomic E-state index is -1.28.